The molecule has 0 aliphatic rings. The summed E-state index contributed by atoms with van der Waals surface area (Å²) in [5.41, 5.74) is 1.83. The van der Waals surface area contributed by atoms with Crippen molar-refractivity contribution in [2.45, 2.75) is 27.2 Å². The maximum absolute atomic E-state index is 11.0. The van der Waals surface area contributed by atoms with Gasteiger partial charge in [-0.15, -0.1) is 0 Å². The fourth-order valence-electron chi connectivity index (χ4n) is 2.03. The molecule has 2 aromatic rings. The van der Waals surface area contributed by atoms with Gasteiger partial charge < -0.3 is 5.32 Å². The van der Waals surface area contributed by atoms with Crippen molar-refractivity contribution in [2.24, 2.45) is 5.41 Å². The summed E-state index contributed by atoms with van der Waals surface area (Å²) in [6.45, 7) is 7.36. The first-order valence-electron chi connectivity index (χ1n) is 6.64. The van der Waals surface area contributed by atoms with Crippen LogP contribution in [0.2, 0.25) is 0 Å². The predicted octanol–water partition coefficient (Wildman–Crippen LogP) is 3.99. The van der Waals surface area contributed by atoms with Crippen LogP contribution in [0.25, 0.3) is 10.9 Å². The summed E-state index contributed by atoms with van der Waals surface area (Å²) in [6, 6.07) is 6.71. The van der Waals surface area contributed by atoms with E-state index in [2.05, 4.69) is 31.1 Å². The van der Waals surface area contributed by atoms with Gasteiger partial charge in [0.1, 0.15) is 5.52 Å². The molecule has 5 nitrogen and oxygen atoms in total. The van der Waals surface area contributed by atoms with Crippen molar-refractivity contribution in [3.8, 4) is 0 Å². The molecule has 0 fully saturated rings. The first-order valence-corrected chi connectivity index (χ1v) is 6.64. The minimum absolute atomic E-state index is 0.0921. The van der Waals surface area contributed by atoms with Gasteiger partial charge in [-0.1, -0.05) is 20.8 Å². The Bertz CT molecular complexity index is 633. The summed E-state index contributed by atoms with van der Waals surface area (Å²) in [5.74, 6) is 0. The fourth-order valence-corrected chi connectivity index (χ4v) is 2.03. The Kier molecular flexibility index (Phi) is 3.88. The van der Waals surface area contributed by atoms with Gasteiger partial charge in [0.25, 0.3) is 5.69 Å². The number of hydrogen-bond donors (Lipinski definition) is 1. The van der Waals surface area contributed by atoms with Gasteiger partial charge >= 0.3 is 0 Å². The molecule has 1 aromatic heterocycles. The number of non-ortho nitro benzene ring substituents is 1. The SMILES string of the molecule is CC(C)(C)CCNc1ccc([N+](=O)[O-])c2cccnc12. The second-order valence-electron chi connectivity index (χ2n) is 6.03. The summed E-state index contributed by atoms with van der Waals surface area (Å²) in [4.78, 5) is 14.9. The van der Waals surface area contributed by atoms with Crippen LogP contribution < -0.4 is 5.32 Å². The van der Waals surface area contributed by atoms with Crippen molar-refractivity contribution >= 4 is 22.3 Å². The number of nitro benzene ring substituents is 1. The number of pyridine rings is 1. The highest BCUT2D eigenvalue weighted by atomic mass is 16.6. The molecule has 0 unspecified atom stereocenters. The zero-order chi connectivity index (χ0) is 14.8. The quantitative estimate of drug-likeness (QED) is 0.675. The van der Waals surface area contributed by atoms with E-state index in [-0.39, 0.29) is 16.0 Å². The zero-order valence-corrected chi connectivity index (χ0v) is 12.0. The third-order valence-corrected chi connectivity index (χ3v) is 3.13. The van der Waals surface area contributed by atoms with E-state index in [1.165, 1.54) is 6.07 Å². The average Bonchev–Trinajstić information content (AvgIpc) is 2.37. The van der Waals surface area contributed by atoms with Crippen molar-refractivity contribution in [2.75, 3.05) is 11.9 Å². The van der Waals surface area contributed by atoms with Gasteiger partial charge in [0, 0.05) is 18.8 Å². The molecule has 0 saturated carbocycles. The Morgan fingerprint density at radius 3 is 2.70 bits per heavy atom. The summed E-state index contributed by atoms with van der Waals surface area (Å²) in [7, 11) is 0. The van der Waals surface area contributed by atoms with Crippen molar-refractivity contribution < 1.29 is 4.92 Å². The van der Waals surface area contributed by atoms with Gasteiger partial charge in [-0.25, -0.2) is 0 Å². The molecule has 106 valence electrons. The molecule has 0 aliphatic carbocycles. The molecule has 0 spiro atoms. The van der Waals surface area contributed by atoms with E-state index in [9.17, 15) is 10.1 Å². The molecule has 0 amide bonds. The second-order valence-corrected chi connectivity index (χ2v) is 6.03. The molecule has 1 N–H and O–H groups in total. The molecular weight excluding hydrogens is 254 g/mol. The lowest BCUT2D eigenvalue weighted by molar-refractivity contribution is -0.383. The Balaban J connectivity index is 2.31. The van der Waals surface area contributed by atoms with Crippen molar-refractivity contribution in [1.29, 1.82) is 0 Å². The maximum atomic E-state index is 11.0. The fraction of sp³-hybridized carbons (Fsp3) is 0.400. The van der Waals surface area contributed by atoms with Crippen LogP contribution in [0, 0.1) is 15.5 Å². The van der Waals surface area contributed by atoms with Crippen LogP contribution in [0.4, 0.5) is 11.4 Å². The highest BCUT2D eigenvalue weighted by Crippen LogP contribution is 2.30. The summed E-state index contributed by atoms with van der Waals surface area (Å²) < 4.78 is 0. The number of aromatic nitrogens is 1. The normalized spacial score (nSPS) is 11.6. The largest absolute Gasteiger partial charge is 0.383 e. The predicted molar refractivity (Wildman–Crippen MR) is 81.0 cm³/mol. The van der Waals surface area contributed by atoms with Gasteiger partial charge in [0.05, 0.1) is 16.0 Å². The molecule has 0 bridgehead atoms. The molecule has 2 rings (SSSR count). The first-order chi connectivity index (χ1) is 9.38. The summed E-state index contributed by atoms with van der Waals surface area (Å²) >= 11 is 0. The third-order valence-electron chi connectivity index (χ3n) is 3.13. The molecule has 0 atom stereocenters. The highest BCUT2D eigenvalue weighted by molar-refractivity contribution is 5.96. The van der Waals surface area contributed by atoms with Gasteiger partial charge in [0.15, 0.2) is 0 Å². The van der Waals surface area contributed by atoms with Crippen LogP contribution in [0.1, 0.15) is 27.2 Å². The Hall–Kier alpha value is -2.17. The Morgan fingerprint density at radius 1 is 1.30 bits per heavy atom. The lowest BCUT2D eigenvalue weighted by Crippen LogP contribution is -2.13. The smallest absolute Gasteiger partial charge is 0.278 e. The lowest BCUT2D eigenvalue weighted by Gasteiger charge is -2.18. The molecule has 1 aromatic carbocycles. The molecule has 0 aliphatic heterocycles. The zero-order valence-electron chi connectivity index (χ0n) is 12.0. The van der Waals surface area contributed by atoms with E-state index in [0.29, 0.717) is 10.9 Å². The van der Waals surface area contributed by atoms with E-state index < -0.39 is 0 Å². The molecule has 0 saturated heterocycles. The number of rotatable bonds is 4. The van der Waals surface area contributed by atoms with E-state index in [1.54, 1.807) is 24.4 Å². The second kappa shape index (κ2) is 5.45. The van der Waals surface area contributed by atoms with Crippen LogP contribution in [-0.4, -0.2) is 16.5 Å². The van der Waals surface area contributed by atoms with Crippen molar-refractivity contribution in [3.05, 3.63) is 40.6 Å². The Labute approximate surface area is 118 Å². The number of anilines is 1. The van der Waals surface area contributed by atoms with Crippen LogP contribution in [-0.2, 0) is 0 Å². The summed E-state index contributed by atoms with van der Waals surface area (Å²) in [6.07, 6.45) is 2.67. The average molecular weight is 273 g/mol. The van der Waals surface area contributed by atoms with E-state index in [1.807, 2.05) is 0 Å². The van der Waals surface area contributed by atoms with E-state index in [4.69, 9.17) is 0 Å². The van der Waals surface area contributed by atoms with Crippen LogP contribution in [0.3, 0.4) is 0 Å². The topological polar surface area (TPSA) is 68.1 Å². The van der Waals surface area contributed by atoms with Crippen LogP contribution in [0.5, 0.6) is 0 Å². The number of nitro groups is 1. The minimum atomic E-state index is -0.372. The van der Waals surface area contributed by atoms with E-state index >= 15 is 0 Å². The molecule has 0 radical (unpaired) electrons. The maximum Gasteiger partial charge on any atom is 0.278 e. The van der Waals surface area contributed by atoms with Gasteiger partial charge in [-0.05, 0) is 30.0 Å². The third kappa shape index (κ3) is 3.23. The number of nitrogens with zero attached hydrogens (tertiary/aromatic N) is 2. The van der Waals surface area contributed by atoms with Crippen LogP contribution in [0.15, 0.2) is 30.5 Å². The van der Waals surface area contributed by atoms with E-state index in [0.717, 1.165) is 18.7 Å². The van der Waals surface area contributed by atoms with Crippen molar-refractivity contribution in [3.63, 3.8) is 0 Å². The number of nitrogens with one attached hydrogen (secondary N) is 1. The molecule has 5 heteroatoms. The van der Waals surface area contributed by atoms with Gasteiger partial charge in [-0.3, -0.25) is 15.1 Å². The van der Waals surface area contributed by atoms with Crippen LogP contribution >= 0.6 is 0 Å². The van der Waals surface area contributed by atoms with Gasteiger partial charge in [-0.2, -0.15) is 0 Å². The number of hydrogen-bond acceptors (Lipinski definition) is 4. The number of fused-ring (bicyclic) bond motifs is 1. The number of benzene rings is 1. The van der Waals surface area contributed by atoms with Gasteiger partial charge in [0.2, 0.25) is 0 Å². The first kappa shape index (κ1) is 14.2. The standard InChI is InChI=1S/C15H19N3O2/c1-15(2,3)8-10-16-12-6-7-13(18(19)20)11-5-4-9-17-14(11)12/h4-7,9,16H,8,10H2,1-3H3. The van der Waals surface area contributed by atoms with Crippen molar-refractivity contribution in [1.82, 2.24) is 4.98 Å². The summed E-state index contributed by atoms with van der Waals surface area (Å²) in [5, 5.41) is 14.9. The monoisotopic (exact) mass is 273 g/mol. The Morgan fingerprint density at radius 2 is 2.05 bits per heavy atom. The molecule has 20 heavy (non-hydrogen) atoms. The lowest BCUT2D eigenvalue weighted by atomic mass is 9.92. The molecule has 1 heterocycles. The highest BCUT2D eigenvalue weighted by Gasteiger charge is 2.15. The molecular formula is C15H19N3O2. The minimum Gasteiger partial charge on any atom is -0.383 e.